The number of rotatable bonds is 0. The van der Waals surface area contributed by atoms with Crippen molar-refractivity contribution in [2.75, 3.05) is 5.75 Å². The summed E-state index contributed by atoms with van der Waals surface area (Å²) in [6.07, 6.45) is 0. The maximum Gasteiger partial charge on any atom is 0.113 e. The molecule has 0 saturated carbocycles. The van der Waals surface area contributed by atoms with Gasteiger partial charge in [0.05, 0.1) is 22.2 Å². The largest absolute Gasteiger partial charge is 0.246 e. The summed E-state index contributed by atoms with van der Waals surface area (Å²) in [5, 5.41) is 10.8. The Kier molecular flexibility index (Phi) is 3.01. The van der Waals surface area contributed by atoms with Crippen LogP contribution in [0.4, 0.5) is 5.69 Å². The van der Waals surface area contributed by atoms with E-state index in [0.717, 1.165) is 16.5 Å². The van der Waals surface area contributed by atoms with Gasteiger partial charge in [-0.25, -0.2) is 4.99 Å². The highest BCUT2D eigenvalue weighted by molar-refractivity contribution is 8.26. The first-order chi connectivity index (χ1) is 9.32. The lowest BCUT2D eigenvalue weighted by Crippen LogP contribution is -2.51. The van der Waals surface area contributed by atoms with Gasteiger partial charge in [0.2, 0.25) is 0 Å². The van der Waals surface area contributed by atoms with Gasteiger partial charge in [-0.15, -0.1) is 11.8 Å². The minimum atomic E-state index is -0.328. The molecule has 2 aliphatic rings. The van der Waals surface area contributed by atoms with Crippen LogP contribution in [0.2, 0.25) is 0 Å². The van der Waals surface area contributed by atoms with Crippen LogP contribution in [0.3, 0.4) is 0 Å². The molecule has 1 saturated heterocycles. The molecule has 3 rings (SSSR count). The van der Waals surface area contributed by atoms with Crippen LogP contribution in [0, 0.1) is 22.2 Å². The van der Waals surface area contributed by atoms with Crippen molar-refractivity contribution in [2.24, 2.45) is 15.8 Å². The monoisotopic (exact) mass is 302 g/mol. The Morgan fingerprint density at radius 1 is 1.30 bits per heavy atom. The molecule has 1 spiro atoms. The summed E-state index contributed by atoms with van der Waals surface area (Å²) in [5.74, 6) is 0.891. The van der Waals surface area contributed by atoms with E-state index in [1.807, 2.05) is 17.8 Å². The quantitative estimate of drug-likeness (QED) is 0.681. The number of hydrogen-bond donors (Lipinski definition) is 0. The van der Waals surface area contributed by atoms with Crippen molar-refractivity contribution in [2.45, 2.75) is 31.8 Å². The van der Waals surface area contributed by atoms with Crippen LogP contribution in [-0.4, -0.2) is 10.8 Å². The lowest BCUT2D eigenvalue weighted by molar-refractivity contribution is 0.420. The Labute approximate surface area is 129 Å². The predicted octanol–water partition coefficient (Wildman–Crippen LogP) is 4.94. The fourth-order valence-corrected chi connectivity index (χ4v) is 5.92. The molecule has 1 fully saturated rings. The van der Waals surface area contributed by atoms with E-state index in [2.05, 4.69) is 52.0 Å². The second-order valence-electron chi connectivity index (χ2n) is 6.64. The number of fused-ring (bicyclic) bond motifs is 2. The van der Waals surface area contributed by atoms with Crippen LogP contribution in [0.25, 0.3) is 0 Å². The van der Waals surface area contributed by atoms with E-state index in [9.17, 15) is 5.26 Å². The first-order valence-corrected chi connectivity index (χ1v) is 8.55. The zero-order chi connectivity index (χ0) is 14.6. The van der Waals surface area contributed by atoms with Gasteiger partial charge in [-0.05, 0) is 13.0 Å². The molecule has 20 heavy (non-hydrogen) atoms. The molecule has 0 bridgehead atoms. The summed E-state index contributed by atoms with van der Waals surface area (Å²) in [5.41, 5.74) is 1.92. The molecule has 2 heterocycles. The molecular formula is C16H18N2S2. The van der Waals surface area contributed by atoms with Gasteiger partial charge >= 0.3 is 0 Å². The Morgan fingerprint density at radius 2 is 2.00 bits per heavy atom. The molecule has 4 heteroatoms. The molecule has 104 valence electrons. The maximum atomic E-state index is 9.66. The summed E-state index contributed by atoms with van der Waals surface area (Å²) in [6.45, 7) is 8.65. The lowest BCUT2D eigenvalue weighted by atomic mass is 9.83. The van der Waals surface area contributed by atoms with Gasteiger partial charge < -0.3 is 0 Å². The number of aliphatic imine (C=N–C) groups is 1. The highest BCUT2D eigenvalue weighted by Gasteiger charge is 2.62. The molecule has 0 amide bonds. The van der Waals surface area contributed by atoms with Crippen LogP contribution in [0.5, 0.6) is 0 Å². The van der Waals surface area contributed by atoms with Crippen molar-refractivity contribution in [3.05, 3.63) is 29.8 Å². The first kappa shape index (κ1) is 14.0. The van der Waals surface area contributed by atoms with Crippen LogP contribution >= 0.6 is 23.5 Å². The zero-order valence-corrected chi connectivity index (χ0v) is 13.9. The van der Waals surface area contributed by atoms with Crippen LogP contribution in [0.15, 0.2) is 29.3 Å². The highest BCUT2D eigenvalue weighted by Crippen LogP contribution is 2.71. The second-order valence-corrected chi connectivity index (χ2v) is 9.29. The minimum absolute atomic E-state index is 0.0116. The molecule has 1 aromatic carbocycles. The molecule has 2 aliphatic heterocycles. The number of benzene rings is 1. The fourth-order valence-electron chi connectivity index (χ4n) is 2.54. The van der Waals surface area contributed by atoms with E-state index < -0.39 is 0 Å². The highest BCUT2D eigenvalue weighted by atomic mass is 32.2. The van der Waals surface area contributed by atoms with Crippen LogP contribution in [0.1, 0.15) is 33.3 Å². The Balaban J connectivity index is 2.20. The molecule has 0 aliphatic carbocycles. The average molecular weight is 302 g/mol. The summed E-state index contributed by atoms with van der Waals surface area (Å²) >= 11 is 3.67. The number of hydrogen-bond acceptors (Lipinski definition) is 4. The van der Waals surface area contributed by atoms with E-state index in [0.29, 0.717) is 0 Å². The van der Waals surface area contributed by atoms with Crippen molar-refractivity contribution in [1.82, 2.24) is 0 Å². The fraction of sp³-hybridized carbons (Fsp3) is 0.500. The number of thioether (sulfide) groups is 2. The van der Waals surface area contributed by atoms with Gasteiger partial charge in [-0.2, -0.15) is 5.26 Å². The normalized spacial score (nSPS) is 32.0. The molecule has 2 nitrogen and oxygen atoms in total. The van der Waals surface area contributed by atoms with Crippen molar-refractivity contribution >= 4 is 34.3 Å². The van der Waals surface area contributed by atoms with Gasteiger partial charge in [-0.1, -0.05) is 50.7 Å². The number of para-hydroxylation sites is 1. The molecule has 1 aromatic rings. The van der Waals surface area contributed by atoms with Gasteiger partial charge in [0, 0.05) is 16.7 Å². The van der Waals surface area contributed by atoms with Gasteiger partial charge in [-0.3, -0.25) is 0 Å². The van der Waals surface area contributed by atoms with Gasteiger partial charge in [0.25, 0.3) is 0 Å². The third kappa shape index (κ3) is 1.76. The Morgan fingerprint density at radius 3 is 2.55 bits per heavy atom. The van der Waals surface area contributed by atoms with Crippen molar-refractivity contribution in [3.8, 4) is 6.07 Å². The van der Waals surface area contributed by atoms with Crippen molar-refractivity contribution < 1.29 is 0 Å². The van der Waals surface area contributed by atoms with E-state index >= 15 is 0 Å². The van der Waals surface area contributed by atoms with Crippen molar-refractivity contribution in [3.63, 3.8) is 0 Å². The summed E-state index contributed by atoms with van der Waals surface area (Å²) < 4.78 is -0.192. The summed E-state index contributed by atoms with van der Waals surface area (Å²) in [6, 6.07) is 10.8. The third-order valence-corrected chi connectivity index (χ3v) is 8.16. The second kappa shape index (κ2) is 4.29. The Bertz CT molecular complexity index is 639. The smallest absolute Gasteiger partial charge is 0.113 e. The maximum absolute atomic E-state index is 9.66. The van der Waals surface area contributed by atoms with E-state index in [-0.39, 0.29) is 14.9 Å². The number of nitrogens with zero attached hydrogens (tertiary/aromatic N) is 2. The average Bonchev–Trinajstić information content (AvgIpc) is 2.42. The molecule has 0 N–H and O–H groups in total. The van der Waals surface area contributed by atoms with Gasteiger partial charge in [0.15, 0.2) is 0 Å². The zero-order valence-electron chi connectivity index (χ0n) is 12.2. The predicted molar refractivity (Wildman–Crippen MR) is 88.4 cm³/mol. The third-order valence-electron chi connectivity index (χ3n) is 3.90. The van der Waals surface area contributed by atoms with Gasteiger partial charge in [0.1, 0.15) is 4.08 Å². The SMILES string of the molecule is CC(C)(C)C1=Nc2ccccc2[C@@]2(SC[C@@]2(C)C#N)S1. The molecule has 0 aromatic heterocycles. The van der Waals surface area contributed by atoms with Crippen LogP contribution < -0.4 is 0 Å². The number of nitriles is 1. The van der Waals surface area contributed by atoms with E-state index in [4.69, 9.17) is 4.99 Å². The lowest BCUT2D eigenvalue weighted by Gasteiger charge is -2.55. The molecule has 2 atom stereocenters. The van der Waals surface area contributed by atoms with E-state index in [1.54, 1.807) is 11.8 Å². The standard InChI is InChI=1S/C16H18N2S2/c1-14(2,3)13-18-12-8-6-5-7-11(12)16(20-13)15(4,9-17)10-19-16/h5-8H,10H2,1-4H3/t15-,16-/m1/s1. The molecular weight excluding hydrogens is 284 g/mol. The molecule has 0 radical (unpaired) electrons. The van der Waals surface area contributed by atoms with Crippen molar-refractivity contribution in [1.29, 1.82) is 5.26 Å². The minimum Gasteiger partial charge on any atom is -0.246 e. The first-order valence-electron chi connectivity index (χ1n) is 6.75. The summed E-state index contributed by atoms with van der Waals surface area (Å²) in [7, 11) is 0. The van der Waals surface area contributed by atoms with Crippen LogP contribution in [-0.2, 0) is 4.08 Å². The van der Waals surface area contributed by atoms with E-state index in [1.165, 1.54) is 5.56 Å². The topological polar surface area (TPSA) is 36.1 Å². The Hall–Kier alpha value is -0.920. The summed E-state index contributed by atoms with van der Waals surface area (Å²) in [4.78, 5) is 4.85. The molecule has 0 unspecified atom stereocenters.